The fourth-order valence-electron chi connectivity index (χ4n) is 2.12. The molecule has 0 N–H and O–H groups in total. The Morgan fingerprint density at radius 1 is 1.35 bits per heavy atom. The van der Waals surface area contributed by atoms with Crippen LogP contribution in [-0.2, 0) is 6.54 Å². The van der Waals surface area contributed by atoms with E-state index < -0.39 is 0 Å². The smallest absolute Gasteiger partial charge is 0.142 e. The average molecular weight is 276 g/mol. The molecular weight excluding hydrogens is 260 g/mol. The van der Waals surface area contributed by atoms with Crippen LogP contribution in [0.1, 0.15) is 24.8 Å². The zero-order valence-corrected chi connectivity index (χ0v) is 11.1. The van der Waals surface area contributed by atoms with Gasteiger partial charge in [-0.15, -0.1) is 11.6 Å². The molecule has 1 aliphatic rings. The molecule has 0 aromatic heterocycles. The summed E-state index contributed by atoms with van der Waals surface area (Å²) < 4.78 is 13.3. The maximum atomic E-state index is 13.3. The van der Waals surface area contributed by atoms with E-state index in [1.54, 1.807) is 6.07 Å². The molecule has 1 aliphatic carbocycles. The van der Waals surface area contributed by atoms with Gasteiger partial charge in [0.05, 0.1) is 5.02 Å². The van der Waals surface area contributed by atoms with Gasteiger partial charge in [-0.2, -0.15) is 0 Å². The normalized spacial score (nSPS) is 16.2. The fraction of sp³-hybridized carbons (Fsp3) is 0.538. The lowest BCUT2D eigenvalue weighted by atomic mass is 9.91. The molecule has 0 heterocycles. The van der Waals surface area contributed by atoms with Crippen molar-refractivity contribution in [3.8, 4) is 0 Å². The van der Waals surface area contributed by atoms with E-state index in [2.05, 4.69) is 4.90 Å². The van der Waals surface area contributed by atoms with Crippen LogP contribution in [0.4, 0.5) is 4.39 Å². The Morgan fingerprint density at radius 2 is 2.12 bits per heavy atom. The first-order valence-electron chi connectivity index (χ1n) is 5.94. The number of halogens is 3. The van der Waals surface area contributed by atoms with Crippen molar-refractivity contribution in [2.45, 2.75) is 31.8 Å². The van der Waals surface area contributed by atoms with Crippen molar-refractivity contribution in [1.82, 2.24) is 4.90 Å². The highest BCUT2D eigenvalue weighted by Crippen LogP contribution is 2.26. The molecule has 0 unspecified atom stereocenters. The van der Waals surface area contributed by atoms with Gasteiger partial charge < -0.3 is 0 Å². The molecule has 0 amide bonds. The van der Waals surface area contributed by atoms with Gasteiger partial charge in [0.25, 0.3) is 0 Å². The molecule has 1 aromatic carbocycles. The van der Waals surface area contributed by atoms with Crippen LogP contribution in [0.15, 0.2) is 18.2 Å². The molecule has 0 saturated heterocycles. The molecule has 0 bridgehead atoms. The summed E-state index contributed by atoms with van der Waals surface area (Å²) in [7, 11) is 0. The molecule has 0 atom stereocenters. The highest BCUT2D eigenvalue weighted by molar-refractivity contribution is 6.30. The minimum atomic E-state index is -0.344. The maximum Gasteiger partial charge on any atom is 0.142 e. The van der Waals surface area contributed by atoms with E-state index in [4.69, 9.17) is 23.2 Å². The summed E-state index contributed by atoms with van der Waals surface area (Å²) in [5.41, 5.74) is 0.962. The summed E-state index contributed by atoms with van der Waals surface area (Å²) >= 11 is 11.5. The van der Waals surface area contributed by atoms with Crippen molar-refractivity contribution in [1.29, 1.82) is 0 Å². The third-order valence-corrected chi connectivity index (χ3v) is 3.81. The zero-order chi connectivity index (χ0) is 12.3. The van der Waals surface area contributed by atoms with Gasteiger partial charge in [0.15, 0.2) is 0 Å². The molecule has 0 radical (unpaired) electrons. The molecular formula is C13H16Cl2FN. The lowest BCUT2D eigenvalue weighted by Gasteiger charge is -2.37. The largest absolute Gasteiger partial charge is 0.295 e. The van der Waals surface area contributed by atoms with Crippen LogP contribution in [0, 0.1) is 5.82 Å². The summed E-state index contributed by atoms with van der Waals surface area (Å²) in [6, 6.07) is 5.63. The summed E-state index contributed by atoms with van der Waals surface area (Å²) in [5, 5.41) is 0.182. The van der Waals surface area contributed by atoms with Gasteiger partial charge in [0, 0.05) is 25.0 Å². The SMILES string of the molecule is Fc1cc(CN(CCCl)C2CCC2)ccc1Cl. The van der Waals surface area contributed by atoms with Gasteiger partial charge in [-0.1, -0.05) is 24.1 Å². The summed E-state index contributed by atoms with van der Waals surface area (Å²) in [5.74, 6) is 0.274. The molecule has 94 valence electrons. The van der Waals surface area contributed by atoms with E-state index in [9.17, 15) is 4.39 Å². The van der Waals surface area contributed by atoms with Crippen LogP contribution in [0.3, 0.4) is 0 Å². The van der Waals surface area contributed by atoms with Crippen molar-refractivity contribution < 1.29 is 4.39 Å². The van der Waals surface area contributed by atoms with E-state index in [0.717, 1.165) is 18.7 Å². The molecule has 2 rings (SSSR count). The van der Waals surface area contributed by atoms with Crippen molar-refractivity contribution in [2.24, 2.45) is 0 Å². The predicted molar refractivity (Wildman–Crippen MR) is 70.2 cm³/mol. The Hall–Kier alpha value is -0.310. The first-order chi connectivity index (χ1) is 8.20. The Bertz CT molecular complexity index is 380. The Labute approximate surface area is 112 Å². The van der Waals surface area contributed by atoms with Gasteiger partial charge >= 0.3 is 0 Å². The van der Waals surface area contributed by atoms with Crippen LogP contribution in [0.2, 0.25) is 5.02 Å². The first kappa shape index (κ1) is 13.1. The summed E-state index contributed by atoms with van der Waals surface area (Å²) in [6.07, 6.45) is 3.75. The van der Waals surface area contributed by atoms with Crippen LogP contribution in [0.25, 0.3) is 0 Å². The number of benzene rings is 1. The topological polar surface area (TPSA) is 3.24 Å². The molecule has 17 heavy (non-hydrogen) atoms. The third-order valence-electron chi connectivity index (χ3n) is 3.33. The second-order valence-corrected chi connectivity index (χ2v) is 5.28. The van der Waals surface area contributed by atoms with Crippen LogP contribution >= 0.6 is 23.2 Å². The number of hydrogen-bond acceptors (Lipinski definition) is 1. The average Bonchev–Trinajstić information content (AvgIpc) is 2.21. The van der Waals surface area contributed by atoms with Gasteiger partial charge in [-0.3, -0.25) is 4.90 Å². The maximum absolute atomic E-state index is 13.3. The van der Waals surface area contributed by atoms with E-state index >= 15 is 0 Å². The second-order valence-electron chi connectivity index (χ2n) is 4.49. The zero-order valence-electron chi connectivity index (χ0n) is 9.63. The van der Waals surface area contributed by atoms with Gasteiger partial charge in [-0.25, -0.2) is 4.39 Å². The molecule has 0 spiro atoms. The molecule has 0 aliphatic heterocycles. The number of rotatable bonds is 5. The van der Waals surface area contributed by atoms with E-state index in [0.29, 0.717) is 11.9 Å². The third kappa shape index (κ3) is 3.34. The summed E-state index contributed by atoms with van der Waals surface area (Å²) in [4.78, 5) is 2.33. The Morgan fingerprint density at radius 3 is 2.65 bits per heavy atom. The number of hydrogen-bond donors (Lipinski definition) is 0. The molecule has 1 aromatic rings. The molecule has 1 saturated carbocycles. The minimum absolute atomic E-state index is 0.182. The Kier molecular flexibility index (Phi) is 4.66. The number of alkyl halides is 1. The molecule has 1 fully saturated rings. The quantitative estimate of drug-likeness (QED) is 0.733. The van der Waals surface area contributed by atoms with Crippen molar-refractivity contribution in [2.75, 3.05) is 12.4 Å². The van der Waals surface area contributed by atoms with Crippen molar-refractivity contribution in [3.63, 3.8) is 0 Å². The van der Waals surface area contributed by atoms with E-state index in [1.807, 2.05) is 6.07 Å². The van der Waals surface area contributed by atoms with Gasteiger partial charge in [0.1, 0.15) is 5.82 Å². The summed E-state index contributed by atoms with van der Waals surface area (Å²) in [6.45, 7) is 1.61. The minimum Gasteiger partial charge on any atom is -0.295 e. The lowest BCUT2D eigenvalue weighted by Crippen LogP contribution is -2.40. The molecule has 4 heteroatoms. The predicted octanol–water partition coefficient (Wildman–Crippen LogP) is 4.07. The van der Waals surface area contributed by atoms with Crippen LogP contribution < -0.4 is 0 Å². The molecule has 1 nitrogen and oxygen atoms in total. The highest BCUT2D eigenvalue weighted by Gasteiger charge is 2.24. The highest BCUT2D eigenvalue weighted by atomic mass is 35.5. The van der Waals surface area contributed by atoms with Crippen molar-refractivity contribution >= 4 is 23.2 Å². The second kappa shape index (κ2) is 6.03. The lowest BCUT2D eigenvalue weighted by molar-refractivity contribution is 0.127. The van der Waals surface area contributed by atoms with Crippen LogP contribution in [0.5, 0.6) is 0 Å². The van der Waals surface area contributed by atoms with E-state index in [1.165, 1.54) is 25.3 Å². The van der Waals surface area contributed by atoms with E-state index in [-0.39, 0.29) is 10.8 Å². The fourth-order valence-corrected chi connectivity index (χ4v) is 2.46. The first-order valence-corrected chi connectivity index (χ1v) is 6.86. The van der Waals surface area contributed by atoms with Gasteiger partial charge in [-0.05, 0) is 30.5 Å². The standard InChI is InChI=1S/C13H16Cl2FN/c14-6-7-17(11-2-1-3-11)9-10-4-5-12(15)13(16)8-10/h4-5,8,11H,1-3,6-7,9H2. The monoisotopic (exact) mass is 275 g/mol. The number of nitrogens with zero attached hydrogens (tertiary/aromatic N) is 1. The van der Waals surface area contributed by atoms with Crippen LogP contribution in [-0.4, -0.2) is 23.4 Å². The van der Waals surface area contributed by atoms with Gasteiger partial charge in [0.2, 0.25) is 0 Å². The van der Waals surface area contributed by atoms with Crippen molar-refractivity contribution in [3.05, 3.63) is 34.6 Å². The Balaban J connectivity index is 2.02.